The molecule has 1 aromatic heterocycles. The number of thiol groups is 1. The number of carbonyl (C=O) groups is 1. The van der Waals surface area contributed by atoms with Crippen LogP contribution in [0.4, 0.5) is 18.9 Å². The second-order valence-electron chi connectivity index (χ2n) is 7.72. The Morgan fingerprint density at radius 3 is 2.43 bits per heavy atom. The highest BCUT2D eigenvalue weighted by Crippen LogP contribution is 2.32. The lowest BCUT2D eigenvalue weighted by Crippen LogP contribution is -2.35. The van der Waals surface area contributed by atoms with Gasteiger partial charge in [-0.2, -0.15) is 0 Å². The number of ether oxygens (including phenoxy) is 1. The number of thiocarbonyl (C=S) groups is 1. The third-order valence-electron chi connectivity index (χ3n) is 4.46. The molecule has 1 amide bonds. The summed E-state index contributed by atoms with van der Waals surface area (Å²) in [6.07, 6.45) is 7.00. The largest absolute Gasteiger partial charge is 0.453 e. The van der Waals surface area contributed by atoms with E-state index in [9.17, 15) is 18.0 Å². The van der Waals surface area contributed by atoms with E-state index >= 15 is 0 Å². The van der Waals surface area contributed by atoms with Crippen LogP contribution in [-0.4, -0.2) is 16.0 Å². The van der Waals surface area contributed by atoms with Gasteiger partial charge in [-0.3, -0.25) is 9.78 Å². The number of nitrogens with one attached hydrogen (secondary N) is 2. The number of aromatic nitrogens is 1. The smallest absolute Gasteiger partial charge is 0.230 e. The van der Waals surface area contributed by atoms with Crippen LogP contribution in [0.1, 0.15) is 44.9 Å². The summed E-state index contributed by atoms with van der Waals surface area (Å²) in [4.78, 5) is 16.8. The molecule has 3 rings (SSSR count). The molecule has 1 heterocycles. The number of nitrogens with zero attached hydrogens (tertiary/aromatic N) is 1. The van der Waals surface area contributed by atoms with Crippen molar-refractivity contribution in [1.29, 1.82) is 0 Å². The Hall–Kier alpha value is -3.37. The van der Waals surface area contributed by atoms with Crippen molar-refractivity contribution in [3.05, 3.63) is 83.4 Å². The number of carbonyl (C=O) groups excluding carboxylic acids is 1. The molecule has 0 aliphatic carbocycles. The summed E-state index contributed by atoms with van der Waals surface area (Å²) >= 11 is 9.48. The molecule has 0 aliphatic heterocycles. The third-order valence-corrected chi connectivity index (χ3v) is 5.11. The molecule has 2 N–H and O–H groups in total. The van der Waals surface area contributed by atoms with Crippen molar-refractivity contribution in [1.82, 2.24) is 10.3 Å². The van der Waals surface area contributed by atoms with Gasteiger partial charge >= 0.3 is 0 Å². The number of allylic oxidation sites excluding steroid dienone is 1. The first-order chi connectivity index (χ1) is 17.7. The van der Waals surface area contributed by atoms with E-state index in [1.165, 1.54) is 30.8 Å². The normalized spacial score (nSPS) is 10.5. The number of hydrogen-bond donors (Lipinski definition) is 3. The molecule has 37 heavy (non-hydrogen) atoms. The Balaban J connectivity index is 0.00000153. The number of anilines is 1. The van der Waals surface area contributed by atoms with Crippen molar-refractivity contribution in [2.24, 2.45) is 0 Å². The zero-order valence-electron chi connectivity index (χ0n) is 20.6. The Morgan fingerprint density at radius 2 is 1.78 bits per heavy atom. The zero-order valence-corrected chi connectivity index (χ0v) is 22.4. The Labute approximate surface area is 225 Å². The maximum absolute atomic E-state index is 14.6. The highest BCUT2D eigenvalue weighted by molar-refractivity contribution is 7.80. The molecular weight excluding hydrogens is 519 g/mol. The molecule has 2 aromatic carbocycles. The quantitative estimate of drug-likeness (QED) is 0.212. The van der Waals surface area contributed by atoms with E-state index in [0.29, 0.717) is 22.4 Å². The van der Waals surface area contributed by atoms with Gasteiger partial charge in [-0.05, 0) is 48.5 Å². The van der Waals surface area contributed by atoms with Gasteiger partial charge in [0.1, 0.15) is 17.4 Å². The standard InChI is InChI=1S/C24H20F3N3O2S2.C3H8/c1-2-3-4-19-23(33)21(9-10-28-19)32-20-8-7-16(13-18(20)27)29-24(34)30-22(31)11-14-5-6-15(25)12-17(14)26;1-3-2/h3-10,12-13,33H,2,11H2,1H3,(H2,29,30,31,34);3H2,1-2H3/b4-3+;. The average molecular weight is 548 g/mol. The second-order valence-corrected chi connectivity index (χ2v) is 8.58. The summed E-state index contributed by atoms with van der Waals surface area (Å²) in [6, 6.07) is 8.55. The molecule has 0 saturated heterocycles. The number of benzene rings is 2. The SMILES string of the molecule is CC/C=C/c1nccc(Oc2ccc(NC(=S)NC(=O)Cc3ccc(F)cc3F)cc2F)c1S.CCC. The third kappa shape index (κ3) is 9.55. The summed E-state index contributed by atoms with van der Waals surface area (Å²) in [5, 5.41) is 4.93. The molecule has 3 aromatic rings. The lowest BCUT2D eigenvalue weighted by Gasteiger charge is -2.13. The highest BCUT2D eigenvalue weighted by atomic mass is 32.1. The van der Waals surface area contributed by atoms with E-state index in [1.54, 1.807) is 12.1 Å². The van der Waals surface area contributed by atoms with E-state index in [-0.39, 0.29) is 28.5 Å². The molecule has 0 radical (unpaired) electrons. The highest BCUT2D eigenvalue weighted by Gasteiger charge is 2.13. The van der Waals surface area contributed by atoms with Crippen LogP contribution in [-0.2, 0) is 11.2 Å². The van der Waals surface area contributed by atoms with Crippen LogP contribution in [0.25, 0.3) is 6.08 Å². The summed E-state index contributed by atoms with van der Waals surface area (Å²) in [5.41, 5.74) is 0.876. The lowest BCUT2D eigenvalue weighted by atomic mass is 10.1. The molecule has 0 fully saturated rings. The van der Waals surface area contributed by atoms with Crippen molar-refractivity contribution >= 4 is 47.6 Å². The molecule has 0 aliphatic rings. The van der Waals surface area contributed by atoms with Gasteiger partial charge in [0.2, 0.25) is 5.91 Å². The van der Waals surface area contributed by atoms with Crippen LogP contribution >= 0.6 is 24.8 Å². The van der Waals surface area contributed by atoms with Gasteiger partial charge in [0.05, 0.1) is 17.0 Å². The minimum atomic E-state index is -0.834. The Kier molecular flexibility index (Phi) is 12.1. The predicted molar refractivity (Wildman–Crippen MR) is 148 cm³/mol. The van der Waals surface area contributed by atoms with Gasteiger partial charge in [0.25, 0.3) is 0 Å². The van der Waals surface area contributed by atoms with E-state index in [1.807, 2.05) is 13.0 Å². The first-order valence-electron chi connectivity index (χ1n) is 11.5. The molecule has 10 heteroatoms. The van der Waals surface area contributed by atoms with Crippen molar-refractivity contribution < 1.29 is 22.7 Å². The van der Waals surface area contributed by atoms with Gasteiger partial charge in [0, 0.05) is 30.1 Å². The zero-order chi connectivity index (χ0) is 27.4. The van der Waals surface area contributed by atoms with E-state index in [2.05, 4.69) is 42.1 Å². The van der Waals surface area contributed by atoms with Crippen molar-refractivity contribution in [3.8, 4) is 11.5 Å². The Morgan fingerprint density at radius 1 is 1.05 bits per heavy atom. The van der Waals surface area contributed by atoms with Crippen LogP contribution in [0.5, 0.6) is 11.5 Å². The molecule has 0 unspecified atom stereocenters. The van der Waals surface area contributed by atoms with Crippen molar-refractivity contribution in [2.45, 2.75) is 44.9 Å². The van der Waals surface area contributed by atoms with Gasteiger partial charge in [-0.15, -0.1) is 12.6 Å². The van der Waals surface area contributed by atoms with E-state index in [0.717, 1.165) is 18.6 Å². The maximum atomic E-state index is 14.6. The fraction of sp³-hybridized carbons (Fsp3) is 0.222. The lowest BCUT2D eigenvalue weighted by molar-refractivity contribution is -0.119. The van der Waals surface area contributed by atoms with E-state index < -0.39 is 23.4 Å². The summed E-state index contributed by atoms with van der Waals surface area (Å²) in [5.74, 6) is -2.57. The molecule has 0 atom stereocenters. The minimum Gasteiger partial charge on any atom is -0.453 e. The fourth-order valence-electron chi connectivity index (χ4n) is 2.84. The first kappa shape index (κ1) is 29.9. The average Bonchev–Trinajstić information content (AvgIpc) is 2.83. The number of hydrogen-bond acceptors (Lipinski definition) is 5. The minimum absolute atomic E-state index is 0.0160. The maximum Gasteiger partial charge on any atom is 0.230 e. The number of amides is 1. The van der Waals surface area contributed by atoms with Crippen LogP contribution < -0.4 is 15.4 Å². The monoisotopic (exact) mass is 547 g/mol. The molecule has 0 spiro atoms. The number of halogens is 3. The topological polar surface area (TPSA) is 63.2 Å². The van der Waals surface area contributed by atoms with Crippen LogP contribution in [0.15, 0.2) is 59.6 Å². The molecule has 5 nitrogen and oxygen atoms in total. The van der Waals surface area contributed by atoms with Gasteiger partial charge < -0.3 is 15.4 Å². The summed E-state index contributed by atoms with van der Waals surface area (Å²) in [6.45, 7) is 6.24. The van der Waals surface area contributed by atoms with E-state index in [4.69, 9.17) is 17.0 Å². The Bertz CT molecular complexity index is 1270. The molecule has 196 valence electrons. The first-order valence-corrected chi connectivity index (χ1v) is 12.4. The van der Waals surface area contributed by atoms with Crippen LogP contribution in [0.3, 0.4) is 0 Å². The number of pyridine rings is 1. The van der Waals surface area contributed by atoms with Gasteiger partial charge in [0.15, 0.2) is 16.7 Å². The molecular formula is C27H28F3N3O2S2. The second kappa shape index (κ2) is 15.0. The van der Waals surface area contributed by atoms with Crippen LogP contribution in [0, 0.1) is 17.5 Å². The van der Waals surface area contributed by atoms with Crippen LogP contribution in [0.2, 0.25) is 0 Å². The van der Waals surface area contributed by atoms with Crippen molar-refractivity contribution in [2.75, 3.05) is 5.32 Å². The van der Waals surface area contributed by atoms with Crippen molar-refractivity contribution in [3.63, 3.8) is 0 Å². The summed E-state index contributed by atoms with van der Waals surface area (Å²) in [7, 11) is 0. The number of rotatable bonds is 7. The van der Waals surface area contributed by atoms with Gasteiger partial charge in [-0.25, -0.2) is 13.2 Å². The molecule has 0 bridgehead atoms. The van der Waals surface area contributed by atoms with Gasteiger partial charge in [-0.1, -0.05) is 39.3 Å². The summed E-state index contributed by atoms with van der Waals surface area (Å²) < 4.78 is 47.0. The molecule has 0 saturated carbocycles. The fourth-order valence-corrected chi connectivity index (χ4v) is 3.32. The predicted octanol–water partition coefficient (Wildman–Crippen LogP) is 7.48.